The molecule has 2 aromatic carbocycles. The van der Waals surface area contributed by atoms with Crippen LogP contribution in [0.3, 0.4) is 0 Å². The fourth-order valence-corrected chi connectivity index (χ4v) is 3.09. The third kappa shape index (κ3) is 4.09. The first-order valence-corrected chi connectivity index (χ1v) is 8.46. The molecule has 0 saturated carbocycles. The van der Waals surface area contributed by atoms with Gasteiger partial charge in [0.15, 0.2) is 5.76 Å². The zero-order valence-electron chi connectivity index (χ0n) is 15.6. The van der Waals surface area contributed by atoms with Crippen LogP contribution in [0.2, 0.25) is 0 Å². The molecule has 0 aliphatic carbocycles. The summed E-state index contributed by atoms with van der Waals surface area (Å²) >= 11 is 0. The molecule has 0 saturated heterocycles. The number of halogens is 1. The van der Waals surface area contributed by atoms with Crippen LogP contribution in [-0.4, -0.2) is 31.4 Å². The van der Waals surface area contributed by atoms with Crippen molar-refractivity contribution < 1.29 is 9.21 Å². The number of carbonyl (C=O) groups excluding carboxylic acids is 1. The molecule has 1 N–H and O–H groups in total. The second-order valence-corrected chi connectivity index (χ2v) is 6.66. The van der Waals surface area contributed by atoms with Crippen molar-refractivity contribution in [2.45, 2.75) is 19.9 Å². The quantitative estimate of drug-likeness (QED) is 0.717. The molecule has 5 heteroatoms. The monoisotopic (exact) mass is 372 g/mol. The molecule has 4 nitrogen and oxygen atoms in total. The third-order valence-corrected chi connectivity index (χ3v) is 4.56. The number of amides is 1. The first-order chi connectivity index (χ1) is 12.0. The summed E-state index contributed by atoms with van der Waals surface area (Å²) in [4.78, 5) is 14.8. The zero-order valence-corrected chi connectivity index (χ0v) is 16.4. The van der Waals surface area contributed by atoms with Gasteiger partial charge in [-0.25, -0.2) is 0 Å². The molecule has 0 bridgehead atoms. The van der Waals surface area contributed by atoms with Crippen molar-refractivity contribution in [1.82, 2.24) is 10.2 Å². The van der Waals surface area contributed by atoms with Crippen molar-refractivity contribution >= 4 is 29.3 Å². The van der Waals surface area contributed by atoms with E-state index < -0.39 is 0 Å². The molecule has 0 spiro atoms. The minimum atomic E-state index is -0.172. The van der Waals surface area contributed by atoms with Crippen LogP contribution in [0.1, 0.15) is 33.3 Å². The van der Waals surface area contributed by atoms with Gasteiger partial charge in [0.1, 0.15) is 5.58 Å². The van der Waals surface area contributed by atoms with Crippen molar-refractivity contribution in [1.29, 1.82) is 0 Å². The highest BCUT2D eigenvalue weighted by atomic mass is 35.5. The topological polar surface area (TPSA) is 45.5 Å². The van der Waals surface area contributed by atoms with Gasteiger partial charge in [-0.2, -0.15) is 0 Å². The van der Waals surface area contributed by atoms with Crippen LogP contribution in [0, 0.1) is 13.8 Å². The number of nitrogens with one attached hydrogen (secondary N) is 1. The maximum Gasteiger partial charge on any atom is 0.287 e. The van der Waals surface area contributed by atoms with E-state index in [4.69, 9.17) is 4.42 Å². The third-order valence-electron chi connectivity index (χ3n) is 4.56. The van der Waals surface area contributed by atoms with E-state index in [0.29, 0.717) is 12.3 Å². The molecule has 1 heterocycles. The Balaban J connectivity index is 0.00000243. The summed E-state index contributed by atoms with van der Waals surface area (Å²) < 4.78 is 5.81. The minimum Gasteiger partial charge on any atom is -0.451 e. The van der Waals surface area contributed by atoms with Crippen LogP contribution in [0.4, 0.5) is 0 Å². The molecule has 1 atom stereocenters. The summed E-state index contributed by atoms with van der Waals surface area (Å²) in [6.45, 7) is 4.46. The second-order valence-electron chi connectivity index (χ2n) is 6.66. The van der Waals surface area contributed by atoms with Crippen LogP contribution in [0.15, 0.2) is 52.9 Å². The molecular formula is C21H25ClN2O2. The van der Waals surface area contributed by atoms with E-state index >= 15 is 0 Å². The lowest BCUT2D eigenvalue weighted by Crippen LogP contribution is -2.34. The zero-order chi connectivity index (χ0) is 18.0. The number of fused-ring (bicyclic) bond motifs is 1. The van der Waals surface area contributed by atoms with Crippen LogP contribution in [0.5, 0.6) is 0 Å². The fraction of sp³-hybridized carbons (Fsp3) is 0.286. The molecule has 138 valence electrons. The van der Waals surface area contributed by atoms with Gasteiger partial charge in [0, 0.05) is 17.5 Å². The smallest absolute Gasteiger partial charge is 0.287 e. The van der Waals surface area contributed by atoms with E-state index in [2.05, 4.69) is 22.3 Å². The van der Waals surface area contributed by atoms with Gasteiger partial charge < -0.3 is 14.6 Å². The van der Waals surface area contributed by atoms with Gasteiger partial charge in [0.2, 0.25) is 0 Å². The van der Waals surface area contributed by atoms with Crippen molar-refractivity contribution in [3.8, 4) is 0 Å². The molecule has 0 radical (unpaired) electrons. The Morgan fingerprint density at radius 1 is 1.12 bits per heavy atom. The summed E-state index contributed by atoms with van der Waals surface area (Å²) in [6.07, 6.45) is 0. The standard InChI is InChI=1S/C21H24N2O2.ClH/c1-14-10-11-17-15(2)20(25-19(17)12-14)21(24)22-13-18(23(3)4)16-8-6-5-7-9-16;/h5-12,18H,13H2,1-4H3,(H,22,24);1H. The summed E-state index contributed by atoms with van der Waals surface area (Å²) in [5.41, 5.74) is 3.93. The number of carbonyl (C=O) groups is 1. The van der Waals surface area contributed by atoms with Crippen LogP contribution in [0.25, 0.3) is 11.0 Å². The van der Waals surface area contributed by atoms with E-state index in [1.54, 1.807) is 0 Å². The Morgan fingerprint density at radius 3 is 2.46 bits per heavy atom. The van der Waals surface area contributed by atoms with E-state index in [0.717, 1.165) is 22.1 Å². The number of furan rings is 1. The van der Waals surface area contributed by atoms with Gasteiger partial charge in [-0.3, -0.25) is 4.79 Å². The first kappa shape index (κ1) is 20.0. The van der Waals surface area contributed by atoms with Crippen molar-refractivity contribution in [2.75, 3.05) is 20.6 Å². The number of rotatable bonds is 5. The summed E-state index contributed by atoms with van der Waals surface area (Å²) in [5.74, 6) is 0.223. The average molecular weight is 373 g/mol. The van der Waals surface area contributed by atoms with E-state index in [1.807, 2.05) is 64.3 Å². The van der Waals surface area contributed by atoms with E-state index in [-0.39, 0.29) is 24.4 Å². The molecule has 0 fully saturated rings. The Kier molecular flexibility index (Phi) is 6.46. The fourth-order valence-electron chi connectivity index (χ4n) is 3.09. The molecule has 1 amide bonds. The van der Waals surface area contributed by atoms with E-state index in [1.165, 1.54) is 5.56 Å². The lowest BCUT2D eigenvalue weighted by atomic mass is 10.1. The van der Waals surface area contributed by atoms with E-state index in [9.17, 15) is 4.79 Å². The number of benzene rings is 2. The van der Waals surface area contributed by atoms with Crippen molar-refractivity contribution in [3.63, 3.8) is 0 Å². The normalized spacial score (nSPS) is 12.0. The molecule has 3 aromatic rings. The Bertz CT molecular complexity index is 888. The largest absolute Gasteiger partial charge is 0.451 e. The number of nitrogens with zero attached hydrogens (tertiary/aromatic N) is 1. The average Bonchev–Trinajstić information content (AvgIpc) is 2.91. The highest BCUT2D eigenvalue weighted by molar-refractivity contribution is 5.99. The first-order valence-electron chi connectivity index (χ1n) is 8.46. The van der Waals surface area contributed by atoms with Crippen LogP contribution >= 0.6 is 12.4 Å². The Morgan fingerprint density at radius 2 is 1.81 bits per heavy atom. The Labute approximate surface area is 160 Å². The highest BCUT2D eigenvalue weighted by Gasteiger charge is 2.20. The number of likely N-dealkylation sites (N-methyl/N-ethyl adjacent to an activating group) is 1. The maximum atomic E-state index is 12.7. The predicted octanol–water partition coefficient (Wildman–Crippen LogP) is 4.50. The van der Waals surface area contributed by atoms with Gasteiger partial charge >= 0.3 is 0 Å². The second kappa shape index (κ2) is 8.39. The van der Waals surface area contributed by atoms with Crippen LogP contribution < -0.4 is 5.32 Å². The number of hydrogen-bond donors (Lipinski definition) is 1. The summed E-state index contributed by atoms with van der Waals surface area (Å²) in [7, 11) is 4.03. The Hall–Kier alpha value is -2.30. The lowest BCUT2D eigenvalue weighted by Gasteiger charge is -2.25. The van der Waals surface area contributed by atoms with Gasteiger partial charge in [-0.05, 0) is 45.1 Å². The van der Waals surface area contributed by atoms with Crippen molar-refractivity contribution in [2.24, 2.45) is 0 Å². The van der Waals surface area contributed by atoms with Gasteiger partial charge in [0.25, 0.3) is 5.91 Å². The van der Waals surface area contributed by atoms with Gasteiger partial charge in [-0.1, -0.05) is 42.5 Å². The molecular weight excluding hydrogens is 348 g/mol. The van der Waals surface area contributed by atoms with Gasteiger partial charge in [-0.15, -0.1) is 12.4 Å². The maximum absolute atomic E-state index is 12.7. The minimum absolute atomic E-state index is 0. The highest BCUT2D eigenvalue weighted by Crippen LogP contribution is 2.26. The molecule has 1 aromatic heterocycles. The summed E-state index contributed by atoms with van der Waals surface area (Å²) in [6, 6.07) is 16.3. The molecule has 0 aliphatic heterocycles. The molecule has 26 heavy (non-hydrogen) atoms. The molecule has 1 unspecified atom stereocenters. The van der Waals surface area contributed by atoms with Gasteiger partial charge in [0.05, 0.1) is 6.04 Å². The van der Waals surface area contributed by atoms with Crippen LogP contribution in [-0.2, 0) is 0 Å². The number of hydrogen-bond acceptors (Lipinski definition) is 3. The molecule has 3 rings (SSSR count). The summed E-state index contributed by atoms with van der Waals surface area (Å²) in [5, 5.41) is 4.01. The lowest BCUT2D eigenvalue weighted by molar-refractivity contribution is 0.0915. The molecule has 0 aliphatic rings. The number of aryl methyl sites for hydroxylation is 2. The SMILES string of the molecule is Cc1ccc2c(C)c(C(=O)NCC(c3ccccc3)N(C)C)oc2c1.Cl. The van der Waals surface area contributed by atoms with Crippen molar-refractivity contribution in [3.05, 3.63) is 71.0 Å². The predicted molar refractivity (Wildman–Crippen MR) is 108 cm³/mol.